The van der Waals surface area contributed by atoms with E-state index >= 15 is 0 Å². The first-order valence-corrected chi connectivity index (χ1v) is 7.87. The molecule has 2 nitrogen and oxygen atoms in total. The lowest BCUT2D eigenvalue weighted by Crippen LogP contribution is -2.18. The van der Waals surface area contributed by atoms with Crippen molar-refractivity contribution in [2.24, 2.45) is 0 Å². The van der Waals surface area contributed by atoms with Crippen molar-refractivity contribution in [2.75, 3.05) is 6.61 Å². The number of nitrogens with one attached hydrogen (secondary N) is 1. The fourth-order valence-corrected chi connectivity index (χ4v) is 2.77. The minimum absolute atomic E-state index is 0.246. The Hall–Kier alpha value is -1.48. The van der Waals surface area contributed by atoms with Gasteiger partial charge in [0.1, 0.15) is 6.61 Å². The zero-order valence-electron chi connectivity index (χ0n) is 12.5. The van der Waals surface area contributed by atoms with Gasteiger partial charge in [0.2, 0.25) is 0 Å². The van der Waals surface area contributed by atoms with Gasteiger partial charge in [-0.05, 0) is 30.2 Å². The largest absolute Gasteiger partial charge is 0.486 e. The molecule has 0 bridgehead atoms. The van der Waals surface area contributed by atoms with Crippen LogP contribution in [0.4, 0.5) is 0 Å². The van der Waals surface area contributed by atoms with E-state index in [2.05, 4.69) is 31.0 Å². The van der Waals surface area contributed by atoms with Crippen LogP contribution in [0, 0.1) is 0 Å². The molecule has 22 heavy (non-hydrogen) atoms. The van der Waals surface area contributed by atoms with Crippen molar-refractivity contribution < 1.29 is 4.74 Å². The van der Waals surface area contributed by atoms with Crippen molar-refractivity contribution in [1.29, 1.82) is 0 Å². The average molecular weight is 336 g/mol. The van der Waals surface area contributed by atoms with Gasteiger partial charge in [-0.2, -0.15) is 0 Å². The maximum atomic E-state index is 6.23. The lowest BCUT2D eigenvalue weighted by Gasteiger charge is -2.15. The lowest BCUT2D eigenvalue weighted by molar-refractivity contribution is 0.363. The molecule has 0 aliphatic rings. The van der Waals surface area contributed by atoms with Gasteiger partial charge in [0.25, 0.3) is 0 Å². The van der Waals surface area contributed by atoms with Gasteiger partial charge in [-0.15, -0.1) is 0 Å². The fraction of sp³-hybridized carbons (Fsp3) is 0.222. The van der Waals surface area contributed by atoms with Gasteiger partial charge in [-0.3, -0.25) is 0 Å². The third-order valence-corrected chi connectivity index (χ3v) is 3.88. The number of benzene rings is 2. The molecule has 0 aromatic heterocycles. The Kier molecular flexibility index (Phi) is 6.32. The van der Waals surface area contributed by atoms with Crippen LogP contribution in [0.15, 0.2) is 55.1 Å². The summed E-state index contributed by atoms with van der Waals surface area (Å²) < 4.78 is 5.46. The molecule has 0 spiro atoms. The van der Waals surface area contributed by atoms with Gasteiger partial charge < -0.3 is 10.1 Å². The van der Waals surface area contributed by atoms with Crippen molar-refractivity contribution in [1.82, 2.24) is 5.32 Å². The molecule has 0 heterocycles. The SMILES string of the molecule is C=CCOc1c(Cl)cc(CN[C@@H](C)c2ccccc2)cc1Cl. The quantitative estimate of drug-likeness (QED) is 0.683. The van der Waals surface area contributed by atoms with Crippen molar-refractivity contribution in [3.05, 3.63) is 76.3 Å². The molecule has 0 radical (unpaired) electrons. The van der Waals surface area contributed by atoms with Crippen LogP contribution in [-0.4, -0.2) is 6.61 Å². The molecule has 116 valence electrons. The Morgan fingerprint density at radius 2 is 1.82 bits per heavy atom. The van der Waals surface area contributed by atoms with Crippen LogP contribution in [0.3, 0.4) is 0 Å². The van der Waals surface area contributed by atoms with E-state index in [0.29, 0.717) is 28.9 Å². The van der Waals surface area contributed by atoms with E-state index < -0.39 is 0 Å². The van der Waals surface area contributed by atoms with Crippen LogP contribution in [0.5, 0.6) is 5.75 Å². The second-order valence-corrected chi connectivity index (χ2v) is 5.82. The molecule has 0 amide bonds. The molecule has 4 heteroatoms. The van der Waals surface area contributed by atoms with Crippen LogP contribution in [0.2, 0.25) is 10.0 Å². The second-order valence-electron chi connectivity index (χ2n) is 5.00. The zero-order chi connectivity index (χ0) is 15.9. The maximum absolute atomic E-state index is 6.23. The van der Waals surface area contributed by atoms with Crippen molar-refractivity contribution in [2.45, 2.75) is 19.5 Å². The van der Waals surface area contributed by atoms with Crippen LogP contribution < -0.4 is 10.1 Å². The first-order chi connectivity index (χ1) is 10.6. The highest BCUT2D eigenvalue weighted by Crippen LogP contribution is 2.34. The van der Waals surface area contributed by atoms with E-state index in [0.717, 1.165) is 5.56 Å². The first kappa shape index (κ1) is 16.9. The number of hydrogen-bond acceptors (Lipinski definition) is 2. The van der Waals surface area contributed by atoms with Gasteiger partial charge in [-0.1, -0.05) is 66.2 Å². The van der Waals surface area contributed by atoms with Crippen molar-refractivity contribution in [3.8, 4) is 5.75 Å². The molecular weight excluding hydrogens is 317 g/mol. The predicted molar refractivity (Wildman–Crippen MR) is 93.9 cm³/mol. The molecule has 0 unspecified atom stereocenters. The summed E-state index contributed by atoms with van der Waals surface area (Å²) in [6.07, 6.45) is 1.66. The third-order valence-electron chi connectivity index (χ3n) is 3.32. The molecule has 2 rings (SSSR count). The lowest BCUT2D eigenvalue weighted by atomic mass is 10.1. The van der Waals surface area contributed by atoms with Crippen LogP contribution in [-0.2, 0) is 6.54 Å². The molecule has 2 aromatic carbocycles. The van der Waals surface area contributed by atoms with Crippen LogP contribution in [0.25, 0.3) is 0 Å². The van der Waals surface area contributed by atoms with E-state index in [1.165, 1.54) is 5.56 Å². The molecule has 1 atom stereocenters. The monoisotopic (exact) mass is 335 g/mol. The standard InChI is InChI=1S/C18H19Cl2NO/c1-3-9-22-18-16(19)10-14(11-17(18)20)12-21-13(2)15-7-5-4-6-8-15/h3-8,10-11,13,21H,1,9,12H2,2H3/t13-/m0/s1. The Morgan fingerprint density at radius 1 is 1.18 bits per heavy atom. The molecule has 1 N–H and O–H groups in total. The molecular formula is C18H19Cl2NO. The summed E-state index contributed by atoms with van der Waals surface area (Å²) in [6, 6.07) is 14.3. The zero-order valence-corrected chi connectivity index (χ0v) is 14.0. The molecule has 0 fully saturated rings. The van der Waals surface area contributed by atoms with Gasteiger partial charge in [0, 0.05) is 12.6 Å². The predicted octanol–water partition coefficient (Wildman–Crippen LogP) is 5.41. The Bertz CT molecular complexity index is 605. The summed E-state index contributed by atoms with van der Waals surface area (Å²) in [5.74, 6) is 0.503. The summed E-state index contributed by atoms with van der Waals surface area (Å²) in [4.78, 5) is 0. The topological polar surface area (TPSA) is 21.3 Å². The minimum Gasteiger partial charge on any atom is -0.486 e. The van der Waals surface area contributed by atoms with Gasteiger partial charge >= 0.3 is 0 Å². The van der Waals surface area contributed by atoms with E-state index in [1.54, 1.807) is 6.08 Å². The number of hydrogen-bond donors (Lipinski definition) is 1. The highest BCUT2D eigenvalue weighted by Gasteiger charge is 2.10. The first-order valence-electron chi connectivity index (χ1n) is 7.11. The van der Waals surface area contributed by atoms with E-state index in [1.807, 2.05) is 30.3 Å². The molecule has 0 saturated heterocycles. The normalized spacial score (nSPS) is 12.0. The molecule has 0 aliphatic carbocycles. The van der Waals surface area contributed by atoms with Gasteiger partial charge in [0.15, 0.2) is 5.75 Å². The fourth-order valence-electron chi connectivity index (χ4n) is 2.13. The summed E-state index contributed by atoms with van der Waals surface area (Å²) >= 11 is 12.5. The Morgan fingerprint density at radius 3 is 2.41 bits per heavy atom. The van der Waals surface area contributed by atoms with Crippen LogP contribution >= 0.6 is 23.2 Å². The summed E-state index contributed by atoms with van der Waals surface area (Å²) in [6.45, 7) is 6.79. The van der Waals surface area contributed by atoms with Gasteiger partial charge in [-0.25, -0.2) is 0 Å². The highest BCUT2D eigenvalue weighted by molar-refractivity contribution is 6.37. The third kappa shape index (κ3) is 4.51. The number of rotatable bonds is 7. The number of ether oxygens (including phenoxy) is 1. The summed E-state index contributed by atoms with van der Waals surface area (Å²) in [7, 11) is 0. The molecule has 0 aliphatic heterocycles. The molecule has 0 saturated carbocycles. The Labute approximate surface area is 141 Å². The summed E-state index contributed by atoms with van der Waals surface area (Å²) in [5, 5.41) is 4.48. The summed E-state index contributed by atoms with van der Waals surface area (Å²) in [5.41, 5.74) is 2.26. The van der Waals surface area contributed by atoms with E-state index in [9.17, 15) is 0 Å². The Balaban J connectivity index is 2.03. The smallest absolute Gasteiger partial charge is 0.156 e. The minimum atomic E-state index is 0.246. The van der Waals surface area contributed by atoms with Crippen LogP contribution in [0.1, 0.15) is 24.1 Å². The maximum Gasteiger partial charge on any atom is 0.156 e. The van der Waals surface area contributed by atoms with E-state index in [4.69, 9.17) is 27.9 Å². The van der Waals surface area contributed by atoms with E-state index in [-0.39, 0.29) is 6.04 Å². The highest BCUT2D eigenvalue weighted by atomic mass is 35.5. The second kappa shape index (κ2) is 8.23. The average Bonchev–Trinajstić information content (AvgIpc) is 2.52. The van der Waals surface area contributed by atoms with Crippen molar-refractivity contribution >= 4 is 23.2 Å². The number of halogens is 2. The van der Waals surface area contributed by atoms with Gasteiger partial charge in [0.05, 0.1) is 10.0 Å². The molecule has 2 aromatic rings. The van der Waals surface area contributed by atoms with Crippen molar-refractivity contribution in [3.63, 3.8) is 0 Å².